The summed E-state index contributed by atoms with van der Waals surface area (Å²) in [6.45, 7) is 4.47. The quantitative estimate of drug-likeness (QED) is 0.424. The van der Waals surface area contributed by atoms with Gasteiger partial charge in [0, 0.05) is 43.0 Å². The van der Waals surface area contributed by atoms with Crippen LogP contribution in [0.3, 0.4) is 0 Å². The molecule has 5 rings (SSSR count). The molecule has 0 radical (unpaired) electrons. The highest BCUT2D eigenvalue weighted by atomic mass is 32.1. The van der Waals surface area contributed by atoms with E-state index in [1.54, 1.807) is 7.11 Å². The summed E-state index contributed by atoms with van der Waals surface area (Å²) in [7, 11) is 1.66. The van der Waals surface area contributed by atoms with Crippen molar-refractivity contribution >= 4 is 39.0 Å². The van der Waals surface area contributed by atoms with Crippen LogP contribution in [0.1, 0.15) is 33.0 Å². The zero-order valence-electron chi connectivity index (χ0n) is 20.1. The van der Waals surface area contributed by atoms with Crippen molar-refractivity contribution in [1.29, 1.82) is 0 Å². The minimum atomic E-state index is -0.133. The van der Waals surface area contributed by atoms with Gasteiger partial charge in [0.25, 0.3) is 5.91 Å². The molecule has 3 aromatic rings. The fraction of sp³-hybridized carbons (Fsp3) is 0.480. The van der Waals surface area contributed by atoms with Gasteiger partial charge in [-0.2, -0.15) is 0 Å². The number of nitrogens with one attached hydrogen (secondary N) is 1. The third-order valence-corrected chi connectivity index (χ3v) is 7.89. The summed E-state index contributed by atoms with van der Waals surface area (Å²) in [6.07, 6.45) is 2.37. The molecule has 1 fully saturated rings. The Hall–Kier alpha value is -2.79. The van der Waals surface area contributed by atoms with Crippen LogP contribution in [0.2, 0.25) is 0 Å². The number of nitrogens with zero attached hydrogens (tertiary/aromatic N) is 3. The highest BCUT2D eigenvalue weighted by Gasteiger charge is 2.32. The molecule has 1 amide bonds. The molecule has 0 bridgehead atoms. The molecule has 3 unspecified atom stereocenters. The van der Waals surface area contributed by atoms with E-state index < -0.39 is 0 Å². The van der Waals surface area contributed by atoms with Gasteiger partial charge in [0.1, 0.15) is 15.5 Å². The van der Waals surface area contributed by atoms with Crippen molar-refractivity contribution in [3.8, 4) is 0 Å². The number of anilines is 2. The molecule has 0 spiro atoms. The van der Waals surface area contributed by atoms with Gasteiger partial charge in [-0.1, -0.05) is 6.07 Å². The average molecular weight is 497 g/mol. The number of nitrogens with two attached hydrogens (primary N) is 2. The van der Waals surface area contributed by atoms with Gasteiger partial charge in [0.05, 0.1) is 31.0 Å². The summed E-state index contributed by atoms with van der Waals surface area (Å²) in [4.78, 5) is 26.0. The molecule has 1 saturated heterocycles. The largest absolute Gasteiger partial charge is 0.397 e. The zero-order chi connectivity index (χ0) is 24.5. The first-order valence-corrected chi connectivity index (χ1v) is 12.8. The average Bonchev–Trinajstić information content (AvgIpc) is 3.38. The molecule has 4 heterocycles. The fourth-order valence-electron chi connectivity index (χ4n) is 4.85. The molecule has 0 saturated carbocycles. The van der Waals surface area contributed by atoms with Crippen LogP contribution in [-0.4, -0.2) is 67.5 Å². The lowest BCUT2D eigenvalue weighted by Gasteiger charge is -2.26. The van der Waals surface area contributed by atoms with Crippen molar-refractivity contribution in [2.24, 2.45) is 5.73 Å². The molecule has 1 aliphatic carbocycles. The summed E-state index contributed by atoms with van der Waals surface area (Å²) >= 11 is 1.35. The van der Waals surface area contributed by atoms with E-state index in [1.165, 1.54) is 16.9 Å². The molecule has 35 heavy (non-hydrogen) atoms. The zero-order valence-corrected chi connectivity index (χ0v) is 20.9. The second kappa shape index (κ2) is 10.1. The molecule has 3 atom stereocenters. The van der Waals surface area contributed by atoms with E-state index in [9.17, 15) is 4.79 Å². The minimum absolute atomic E-state index is 0.0250. The first kappa shape index (κ1) is 23.9. The number of methoxy groups -OCH3 is 1. The van der Waals surface area contributed by atoms with Crippen LogP contribution < -0.4 is 21.7 Å². The predicted octanol–water partition coefficient (Wildman–Crippen LogP) is 2.05. The Morgan fingerprint density at radius 2 is 2.09 bits per heavy atom. The summed E-state index contributed by atoms with van der Waals surface area (Å²) in [6, 6.07) is 8.01. The normalized spacial score (nSPS) is 21.9. The number of aryl methyl sites for hydroxylation is 2. The molecule has 186 valence electrons. The van der Waals surface area contributed by atoms with Crippen molar-refractivity contribution < 1.29 is 14.3 Å². The van der Waals surface area contributed by atoms with Gasteiger partial charge in [0.15, 0.2) is 0 Å². The maximum Gasteiger partial charge on any atom is 0.263 e. The number of hydrogen-bond donors (Lipinski definition) is 3. The second-order valence-electron chi connectivity index (χ2n) is 9.31. The van der Waals surface area contributed by atoms with Crippen LogP contribution in [0.25, 0.3) is 10.2 Å². The fourth-order valence-corrected chi connectivity index (χ4v) is 5.90. The molecule has 5 N–H and O–H groups in total. The summed E-state index contributed by atoms with van der Waals surface area (Å²) in [5.74, 6) is 0.798. The Bertz CT molecular complexity index is 1230. The Kier molecular flexibility index (Phi) is 6.88. The molecule has 10 heteroatoms. The van der Waals surface area contributed by atoms with Gasteiger partial charge in [0.2, 0.25) is 0 Å². The lowest BCUT2D eigenvalue weighted by Crippen LogP contribution is -2.39. The van der Waals surface area contributed by atoms with E-state index in [0.29, 0.717) is 30.3 Å². The molecule has 0 aromatic carbocycles. The van der Waals surface area contributed by atoms with Crippen LogP contribution in [0, 0.1) is 6.92 Å². The lowest BCUT2D eigenvalue weighted by molar-refractivity contribution is 0.0212. The first-order valence-electron chi connectivity index (χ1n) is 12.0. The number of rotatable bonds is 7. The van der Waals surface area contributed by atoms with E-state index in [-0.39, 0.29) is 24.1 Å². The SMILES string of the molecule is COCCOC1CN(c2ccc3c(n2)CCC(NC(=O)c2sc4nc(C)ccc4c2N)C3)CC1N. The standard InChI is InChI=1S/C25H32N6O3S/c1-14-3-6-17-22(27)23(35-25(17)28-14)24(32)29-16-5-7-19-15(11-16)4-8-21(30-19)31-12-18(26)20(13-31)34-10-9-33-2/h3-4,6,8,16,18,20H,5,7,9-13,26-27H2,1-2H3,(H,29,32). The lowest BCUT2D eigenvalue weighted by atomic mass is 9.91. The Labute approximate surface area is 208 Å². The summed E-state index contributed by atoms with van der Waals surface area (Å²) in [5.41, 5.74) is 16.2. The molecule has 2 aliphatic rings. The maximum atomic E-state index is 13.0. The maximum absolute atomic E-state index is 13.0. The summed E-state index contributed by atoms with van der Waals surface area (Å²) in [5, 5.41) is 4.02. The molecule has 1 aliphatic heterocycles. The van der Waals surface area contributed by atoms with Crippen LogP contribution in [0.15, 0.2) is 24.3 Å². The molecular formula is C25H32N6O3S. The predicted molar refractivity (Wildman–Crippen MR) is 138 cm³/mol. The van der Waals surface area contributed by atoms with Gasteiger partial charge in [-0.3, -0.25) is 4.79 Å². The Balaban J connectivity index is 1.22. The number of ether oxygens (including phenoxy) is 2. The van der Waals surface area contributed by atoms with E-state index in [4.69, 9.17) is 25.9 Å². The van der Waals surface area contributed by atoms with Crippen LogP contribution in [-0.2, 0) is 22.3 Å². The molecule has 9 nitrogen and oxygen atoms in total. The monoisotopic (exact) mass is 496 g/mol. The van der Waals surface area contributed by atoms with Crippen molar-refractivity contribution in [3.63, 3.8) is 0 Å². The number of thiophene rings is 1. The first-order chi connectivity index (χ1) is 16.9. The highest BCUT2D eigenvalue weighted by molar-refractivity contribution is 7.21. The Morgan fingerprint density at radius 1 is 1.23 bits per heavy atom. The Morgan fingerprint density at radius 3 is 2.91 bits per heavy atom. The van der Waals surface area contributed by atoms with E-state index in [0.717, 1.165) is 53.2 Å². The number of nitrogen functional groups attached to an aromatic ring is 1. The van der Waals surface area contributed by atoms with E-state index >= 15 is 0 Å². The minimum Gasteiger partial charge on any atom is -0.397 e. The van der Waals surface area contributed by atoms with Crippen LogP contribution >= 0.6 is 11.3 Å². The van der Waals surface area contributed by atoms with Gasteiger partial charge in [-0.25, -0.2) is 9.97 Å². The number of pyridine rings is 2. The van der Waals surface area contributed by atoms with Gasteiger partial charge >= 0.3 is 0 Å². The second-order valence-corrected chi connectivity index (χ2v) is 10.3. The molecular weight excluding hydrogens is 464 g/mol. The van der Waals surface area contributed by atoms with Crippen LogP contribution in [0.5, 0.6) is 0 Å². The van der Waals surface area contributed by atoms with Crippen LogP contribution in [0.4, 0.5) is 11.5 Å². The highest BCUT2D eigenvalue weighted by Crippen LogP contribution is 2.33. The molecule has 3 aromatic heterocycles. The van der Waals surface area contributed by atoms with Crippen molar-refractivity contribution in [2.75, 3.05) is 44.0 Å². The third-order valence-electron chi connectivity index (χ3n) is 6.78. The smallest absolute Gasteiger partial charge is 0.263 e. The van der Waals surface area contributed by atoms with Crippen molar-refractivity contribution in [1.82, 2.24) is 15.3 Å². The van der Waals surface area contributed by atoms with Gasteiger partial charge in [-0.15, -0.1) is 11.3 Å². The number of aromatic nitrogens is 2. The van der Waals surface area contributed by atoms with Gasteiger partial charge in [-0.05, 0) is 49.9 Å². The van der Waals surface area contributed by atoms with E-state index in [1.807, 2.05) is 25.1 Å². The topological polar surface area (TPSA) is 129 Å². The number of hydrogen-bond acceptors (Lipinski definition) is 9. The number of fused-ring (bicyclic) bond motifs is 2. The van der Waals surface area contributed by atoms with Crippen molar-refractivity contribution in [3.05, 3.63) is 46.1 Å². The third kappa shape index (κ3) is 4.97. The summed E-state index contributed by atoms with van der Waals surface area (Å²) < 4.78 is 10.9. The number of carbonyl (C=O) groups is 1. The van der Waals surface area contributed by atoms with Crippen molar-refractivity contribution in [2.45, 2.75) is 44.4 Å². The number of carbonyl (C=O) groups excluding carboxylic acids is 1. The van der Waals surface area contributed by atoms with Gasteiger partial charge < -0.3 is 31.2 Å². The van der Waals surface area contributed by atoms with E-state index in [2.05, 4.69) is 21.3 Å². The number of amides is 1.